The second-order valence-corrected chi connectivity index (χ2v) is 5.50. The zero-order valence-corrected chi connectivity index (χ0v) is 10.2. The van der Waals surface area contributed by atoms with Gasteiger partial charge in [-0.3, -0.25) is 4.79 Å². The average molecular weight is 251 g/mol. The largest absolute Gasteiger partial charge is 0.478 e. The topological polar surface area (TPSA) is 66.4 Å². The van der Waals surface area contributed by atoms with Gasteiger partial charge in [0.2, 0.25) is 0 Å². The summed E-state index contributed by atoms with van der Waals surface area (Å²) in [6, 6.07) is 3.46. The summed E-state index contributed by atoms with van der Waals surface area (Å²) in [5.74, 6) is -1.07. The van der Waals surface area contributed by atoms with Crippen LogP contribution in [0.4, 0.5) is 0 Å². The fraction of sp³-hybridized carbons (Fsp3) is 0.333. The van der Waals surface area contributed by atoms with Crippen molar-refractivity contribution in [2.24, 2.45) is 0 Å². The van der Waals surface area contributed by atoms with Crippen molar-refractivity contribution in [1.29, 1.82) is 0 Å². The predicted molar refractivity (Wildman–Crippen MR) is 66.1 cm³/mol. The molecule has 0 aromatic carbocycles. The van der Waals surface area contributed by atoms with Gasteiger partial charge in [0, 0.05) is 16.5 Å². The molecule has 90 valence electrons. The maximum absolute atomic E-state index is 11.8. The van der Waals surface area contributed by atoms with Gasteiger partial charge in [-0.15, -0.1) is 11.3 Å². The number of rotatable bonds is 4. The third kappa shape index (κ3) is 3.17. The highest BCUT2D eigenvalue weighted by Crippen LogP contribution is 2.34. The fourth-order valence-corrected chi connectivity index (χ4v) is 2.17. The molecule has 2 rings (SSSR count). The number of carbonyl (C=O) groups is 2. The minimum absolute atomic E-state index is 0.0296. The molecule has 0 unspecified atom stereocenters. The van der Waals surface area contributed by atoms with Gasteiger partial charge in [-0.2, -0.15) is 0 Å². The normalized spacial score (nSPS) is 17.0. The van der Waals surface area contributed by atoms with Crippen molar-refractivity contribution < 1.29 is 14.7 Å². The molecule has 1 heterocycles. The van der Waals surface area contributed by atoms with Gasteiger partial charge in [-0.05, 0) is 38.0 Å². The van der Waals surface area contributed by atoms with Crippen LogP contribution in [0.5, 0.6) is 0 Å². The maximum atomic E-state index is 11.8. The minimum atomic E-state index is -0.991. The summed E-state index contributed by atoms with van der Waals surface area (Å²) in [7, 11) is 0. The lowest BCUT2D eigenvalue weighted by Gasteiger charge is -2.09. The van der Waals surface area contributed by atoms with Crippen LogP contribution in [0.1, 0.15) is 34.3 Å². The molecule has 0 bridgehead atoms. The molecule has 0 radical (unpaired) electrons. The number of nitrogens with one attached hydrogen (secondary N) is 1. The van der Waals surface area contributed by atoms with Crippen LogP contribution in [0.2, 0.25) is 0 Å². The minimum Gasteiger partial charge on any atom is -0.478 e. The standard InChI is InChI=1S/C12H13NO3S/c1-12(6-7-12)13-11(16)9-4-2-8(17-9)3-5-10(14)15/h2-5H,6-7H2,1H3,(H,13,16)(H,14,15)/b5-3+. The molecule has 1 amide bonds. The summed E-state index contributed by atoms with van der Waals surface area (Å²) in [6.07, 6.45) is 4.60. The Morgan fingerprint density at radius 3 is 2.76 bits per heavy atom. The molecule has 0 saturated heterocycles. The van der Waals surface area contributed by atoms with E-state index in [1.165, 1.54) is 17.4 Å². The summed E-state index contributed by atoms with van der Waals surface area (Å²) in [6.45, 7) is 2.02. The summed E-state index contributed by atoms with van der Waals surface area (Å²) >= 11 is 1.29. The van der Waals surface area contributed by atoms with Crippen molar-refractivity contribution in [2.45, 2.75) is 25.3 Å². The third-order valence-electron chi connectivity index (χ3n) is 2.66. The smallest absolute Gasteiger partial charge is 0.328 e. The van der Waals surface area contributed by atoms with E-state index in [9.17, 15) is 9.59 Å². The van der Waals surface area contributed by atoms with Gasteiger partial charge in [0.05, 0.1) is 4.88 Å². The molecule has 1 aliphatic rings. The molecule has 4 nitrogen and oxygen atoms in total. The quantitative estimate of drug-likeness (QED) is 0.806. The Morgan fingerprint density at radius 1 is 1.47 bits per heavy atom. The molecule has 1 saturated carbocycles. The van der Waals surface area contributed by atoms with Crippen molar-refractivity contribution in [3.05, 3.63) is 28.0 Å². The molecule has 1 aromatic rings. The number of amides is 1. The van der Waals surface area contributed by atoms with Gasteiger partial charge in [0.15, 0.2) is 0 Å². The monoisotopic (exact) mass is 251 g/mol. The Balaban J connectivity index is 2.02. The van der Waals surface area contributed by atoms with Crippen molar-refractivity contribution >= 4 is 29.3 Å². The van der Waals surface area contributed by atoms with Gasteiger partial charge >= 0.3 is 5.97 Å². The first kappa shape index (κ1) is 11.9. The first-order valence-corrected chi connectivity index (χ1v) is 6.14. The van der Waals surface area contributed by atoms with Gasteiger partial charge in [0.1, 0.15) is 0 Å². The van der Waals surface area contributed by atoms with Crippen molar-refractivity contribution in [3.63, 3.8) is 0 Å². The Morgan fingerprint density at radius 2 is 2.18 bits per heavy atom. The first-order valence-electron chi connectivity index (χ1n) is 5.32. The van der Waals surface area contributed by atoms with Crippen LogP contribution in [0.25, 0.3) is 6.08 Å². The van der Waals surface area contributed by atoms with E-state index in [1.54, 1.807) is 12.1 Å². The highest BCUT2D eigenvalue weighted by atomic mass is 32.1. The summed E-state index contributed by atoms with van der Waals surface area (Å²) in [4.78, 5) is 23.5. The molecule has 0 atom stereocenters. The second-order valence-electron chi connectivity index (χ2n) is 4.39. The second kappa shape index (κ2) is 4.33. The first-order chi connectivity index (χ1) is 7.98. The number of hydrogen-bond acceptors (Lipinski definition) is 3. The van der Waals surface area contributed by atoms with Gasteiger partial charge in [-0.25, -0.2) is 4.79 Å². The van der Waals surface area contributed by atoms with E-state index in [1.807, 2.05) is 6.92 Å². The van der Waals surface area contributed by atoms with E-state index in [0.29, 0.717) is 4.88 Å². The summed E-state index contributed by atoms with van der Waals surface area (Å²) in [5.41, 5.74) is -0.0296. The lowest BCUT2D eigenvalue weighted by Crippen LogP contribution is -2.33. The van der Waals surface area contributed by atoms with Gasteiger partial charge in [0.25, 0.3) is 5.91 Å². The van der Waals surface area contributed by atoms with Crippen molar-refractivity contribution in [2.75, 3.05) is 0 Å². The number of hydrogen-bond donors (Lipinski definition) is 2. The molecule has 0 aliphatic heterocycles. The van der Waals surface area contributed by atoms with E-state index >= 15 is 0 Å². The van der Waals surface area contributed by atoms with E-state index < -0.39 is 5.97 Å². The molecule has 0 spiro atoms. The van der Waals surface area contributed by atoms with E-state index in [2.05, 4.69) is 5.32 Å². The zero-order chi connectivity index (χ0) is 12.5. The van der Waals surface area contributed by atoms with E-state index in [-0.39, 0.29) is 11.4 Å². The van der Waals surface area contributed by atoms with Crippen molar-refractivity contribution in [1.82, 2.24) is 5.32 Å². The predicted octanol–water partition coefficient (Wildman–Crippen LogP) is 2.13. The van der Waals surface area contributed by atoms with Crippen LogP contribution in [-0.4, -0.2) is 22.5 Å². The molecular formula is C12H13NO3S. The number of carbonyl (C=O) groups excluding carboxylic acids is 1. The SMILES string of the molecule is CC1(NC(=O)c2ccc(/C=C/C(=O)O)s2)CC1. The molecule has 5 heteroatoms. The van der Waals surface area contributed by atoms with Crippen LogP contribution < -0.4 is 5.32 Å². The average Bonchev–Trinajstić information content (AvgIpc) is 2.82. The Bertz CT molecular complexity index is 486. The van der Waals surface area contributed by atoms with Crippen LogP contribution in [0, 0.1) is 0 Å². The van der Waals surface area contributed by atoms with Gasteiger partial charge < -0.3 is 10.4 Å². The number of aliphatic carboxylic acids is 1. The number of carboxylic acid groups (broad SMARTS) is 1. The highest BCUT2D eigenvalue weighted by Gasteiger charge is 2.38. The lowest BCUT2D eigenvalue weighted by atomic mass is 10.3. The zero-order valence-electron chi connectivity index (χ0n) is 9.40. The maximum Gasteiger partial charge on any atom is 0.328 e. The van der Waals surface area contributed by atoms with Crippen LogP contribution in [0.3, 0.4) is 0 Å². The molecule has 1 aliphatic carbocycles. The highest BCUT2D eigenvalue weighted by molar-refractivity contribution is 7.14. The third-order valence-corrected chi connectivity index (χ3v) is 3.71. The van der Waals surface area contributed by atoms with E-state index in [0.717, 1.165) is 23.8 Å². The van der Waals surface area contributed by atoms with Crippen LogP contribution in [-0.2, 0) is 4.79 Å². The Hall–Kier alpha value is -1.62. The molecule has 2 N–H and O–H groups in total. The molecular weight excluding hydrogens is 238 g/mol. The lowest BCUT2D eigenvalue weighted by molar-refractivity contribution is -0.131. The van der Waals surface area contributed by atoms with Gasteiger partial charge in [-0.1, -0.05) is 0 Å². The number of carboxylic acids is 1. The summed E-state index contributed by atoms with van der Waals surface area (Å²) < 4.78 is 0. The van der Waals surface area contributed by atoms with E-state index in [4.69, 9.17) is 5.11 Å². The number of thiophene rings is 1. The molecule has 17 heavy (non-hydrogen) atoms. The van der Waals surface area contributed by atoms with Crippen molar-refractivity contribution in [3.8, 4) is 0 Å². The Kier molecular flexibility index (Phi) is 3.02. The van der Waals surface area contributed by atoms with Crippen LogP contribution >= 0.6 is 11.3 Å². The molecule has 1 aromatic heterocycles. The van der Waals surface area contributed by atoms with Crippen LogP contribution in [0.15, 0.2) is 18.2 Å². The Labute approximate surface area is 103 Å². The summed E-state index contributed by atoms with van der Waals surface area (Å²) in [5, 5.41) is 11.4. The molecule has 1 fully saturated rings. The fourth-order valence-electron chi connectivity index (χ4n) is 1.37.